The van der Waals surface area contributed by atoms with Crippen molar-refractivity contribution in [1.29, 1.82) is 0 Å². The highest BCUT2D eigenvalue weighted by atomic mass is 32.2. The summed E-state index contributed by atoms with van der Waals surface area (Å²) >= 11 is 3.47. The van der Waals surface area contributed by atoms with E-state index in [1.807, 2.05) is 16.3 Å². The lowest BCUT2D eigenvalue weighted by molar-refractivity contribution is 0.887. The van der Waals surface area contributed by atoms with E-state index in [2.05, 4.69) is 59.6 Å². The van der Waals surface area contributed by atoms with Gasteiger partial charge in [0.25, 0.3) is 0 Å². The van der Waals surface area contributed by atoms with Crippen molar-refractivity contribution in [2.75, 3.05) is 5.75 Å². The molecule has 0 amide bonds. The van der Waals surface area contributed by atoms with Crippen LogP contribution in [-0.4, -0.2) is 25.6 Å². The molecular weight excluding hydrogens is 324 g/mol. The lowest BCUT2D eigenvalue weighted by atomic mass is 10.1. The van der Waals surface area contributed by atoms with Gasteiger partial charge >= 0.3 is 0 Å². The standard InChI is InChI=1S/C17H16N4S2/c1-2-10-22-11-15-18-19-17-21(15)20-16(23-17)14-9-5-7-12-6-3-4-8-13(12)14/h3-9H,2,10-11H2,1H3. The number of benzene rings is 2. The first-order chi connectivity index (χ1) is 11.4. The van der Waals surface area contributed by atoms with E-state index in [-0.39, 0.29) is 0 Å². The molecule has 0 N–H and O–H groups in total. The molecule has 4 aromatic rings. The van der Waals surface area contributed by atoms with Gasteiger partial charge in [0.1, 0.15) is 5.01 Å². The highest BCUT2D eigenvalue weighted by molar-refractivity contribution is 7.98. The first-order valence-corrected chi connectivity index (χ1v) is 9.61. The maximum absolute atomic E-state index is 4.77. The molecule has 2 aromatic heterocycles. The van der Waals surface area contributed by atoms with Crippen molar-refractivity contribution in [3.63, 3.8) is 0 Å². The molecular formula is C17H16N4S2. The summed E-state index contributed by atoms with van der Waals surface area (Å²) in [6.45, 7) is 2.19. The van der Waals surface area contributed by atoms with Crippen LogP contribution in [0.4, 0.5) is 0 Å². The molecule has 23 heavy (non-hydrogen) atoms. The second kappa shape index (κ2) is 6.29. The van der Waals surface area contributed by atoms with E-state index < -0.39 is 0 Å². The Morgan fingerprint density at radius 2 is 1.96 bits per heavy atom. The Balaban J connectivity index is 1.77. The molecule has 0 radical (unpaired) electrons. The zero-order chi connectivity index (χ0) is 15.6. The van der Waals surface area contributed by atoms with Crippen LogP contribution in [0.3, 0.4) is 0 Å². The molecule has 4 rings (SSSR count). The minimum Gasteiger partial charge on any atom is -0.186 e. The number of hydrogen-bond donors (Lipinski definition) is 0. The lowest BCUT2D eigenvalue weighted by Crippen LogP contribution is -1.94. The van der Waals surface area contributed by atoms with Crippen molar-refractivity contribution in [1.82, 2.24) is 19.8 Å². The summed E-state index contributed by atoms with van der Waals surface area (Å²) in [5, 5.41) is 16.8. The Morgan fingerprint density at radius 1 is 1.09 bits per heavy atom. The van der Waals surface area contributed by atoms with Crippen LogP contribution < -0.4 is 0 Å². The van der Waals surface area contributed by atoms with Crippen LogP contribution >= 0.6 is 23.1 Å². The minimum absolute atomic E-state index is 0.855. The second-order valence-corrected chi connectivity index (χ2v) is 7.36. The summed E-state index contributed by atoms with van der Waals surface area (Å²) in [5.74, 6) is 2.92. The average Bonchev–Trinajstić information content (AvgIpc) is 3.16. The normalized spacial score (nSPS) is 11.5. The molecule has 0 aliphatic rings. The van der Waals surface area contributed by atoms with Crippen molar-refractivity contribution in [3.8, 4) is 10.6 Å². The summed E-state index contributed by atoms with van der Waals surface area (Å²) in [4.78, 5) is 0.861. The second-order valence-electron chi connectivity index (χ2n) is 5.30. The fourth-order valence-electron chi connectivity index (χ4n) is 2.58. The minimum atomic E-state index is 0.855. The Kier molecular flexibility index (Phi) is 4.01. The molecule has 0 saturated heterocycles. The third-order valence-electron chi connectivity index (χ3n) is 3.66. The van der Waals surface area contributed by atoms with Gasteiger partial charge in [-0.05, 0) is 22.9 Å². The van der Waals surface area contributed by atoms with Crippen molar-refractivity contribution < 1.29 is 0 Å². The molecule has 0 atom stereocenters. The van der Waals surface area contributed by atoms with Crippen LogP contribution in [-0.2, 0) is 5.75 Å². The Bertz CT molecular complexity index is 952. The van der Waals surface area contributed by atoms with Gasteiger partial charge in [0.15, 0.2) is 5.82 Å². The summed E-state index contributed by atoms with van der Waals surface area (Å²) < 4.78 is 1.89. The Morgan fingerprint density at radius 3 is 2.87 bits per heavy atom. The number of aromatic nitrogens is 4. The molecule has 0 aliphatic heterocycles. The quantitative estimate of drug-likeness (QED) is 0.496. The predicted octanol–water partition coefficient (Wildman–Crippen LogP) is 4.65. The molecule has 0 unspecified atom stereocenters. The van der Waals surface area contributed by atoms with Gasteiger partial charge in [0.2, 0.25) is 4.96 Å². The van der Waals surface area contributed by atoms with E-state index in [4.69, 9.17) is 5.10 Å². The maximum Gasteiger partial charge on any atom is 0.235 e. The monoisotopic (exact) mass is 340 g/mol. The lowest BCUT2D eigenvalue weighted by Gasteiger charge is -2.02. The van der Waals surface area contributed by atoms with Crippen LogP contribution in [0.1, 0.15) is 19.2 Å². The zero-order valence-electron chi connectivity index (χ0n) is 12.8. The zero-order valence-corrected chi connectivity index (χ0v) is 14.4. The van der Waals surface area contributed by atoms with Gasteiger partial charge in [-0.15, -0.1) is 10.2 Å². The predicted molar refractivity (Wildman–Crippen MR) is 98.1 cm³/mol. The van der Waals surface area contributed by atoms with Gasteiger partial charge in [0, 0.05) is 5.56 Å². The third kappa shape index (κ3) is 2.72. The van der Waals surface area contributed by atoms with E-state index in [0.29, 0.717) is 0 Å². The fraction of sp³-hybridized carbons (Fsp3) is 0.235. The Labute approximate surface area is 142 Å². The summed E-state index contributed by atoms with van der Waals surface area (Å²) in [6.07, 6.45) is 1.17. The molecule has 0 saturated carbocycles. The number of fused-ring (bicyclic) bond motifs is 2. The van der Waals surface area contributed by atoms with E-state index in [1.165, 1.54) is 17.2 Å². The Hall–Kier alpha value is -1.92. The van der Waals surface area contributed by atoms with E-state index in [1.54, 1.807) is 11.3 Å². The SMILES string of the molecule is CCCSCc1nnc2sc(-c3cccc4ccccc34)nn12. The van der Waals surface area contributed by atoms with Gasteiger partial charge in [0.05, 0.1) is 5.75 Å². The molecule has 0 fully saturated rings. The van der Waals surface area contributed by atoms with Crippen molar-refractivity contribution in [2.24, 2.45) is 0 Å². The molecule has 6 heteroatoms. The smallest absolute Gasteiger partial charge is 0.186 e. The molecule has 0 spiro atoms. The third-order valence-corrected chi connectivity index (χ3v) is 5.75. The largest absolute Gasteiger partial charge is 0.235 e. The van der Waals surface area contributed by atoms with Crippen LogP contribution in [0.25, 0.3) is 26.3 Å². The number of thioether (sulfide) groups is 1. The summed E-state index contributed by atoms with van der Waals surface area (Å²) in [6, 6.07) is 14.7. The van der Waals surface area contributed by atoms with Crippen molar-refractivity contribution in [2.45, 2.75) is 19.1 Å². The molecule has 116 valence electrons. The molecule has 0 bridgehead atoms. The van der Waals surface area contributed by atoms with Gasteiger partial charge in [-0.25, -0.2) is 0 Å². The van der Waals surface area contributed by atoms with Crippen LogP contribution in [0.5, 0.6) is 0 Å². The first-order valence-electron chi connectivity index (χ1n) is 7.64. The summed E-state index contributed by atoms with van der Waals surface area (Å²) in [5.41, 5.74) is 1.16. The number of hydrogen-bond acceptors (Lipinski definition) is 5. The van der Waals surface area contributed by atoms with E-state index >= 15 is 0 Å². The van der Waals surface area contributed by atoms with Gasteiger partial charge < -0.3 is 0 Å². The number of rotatable bonds is 5. The van der Waals surface area contributed by atoms with Crippen molar-refractivity contribution in [3.05, 3.63) is 48.3 Å². The van der Waals surface area contributed by atoms with Gasteiger partial charge in [-0.3, -0.25) is 0 Å². The highest BCUT2D eigenvalue weighted by Crippen LogP contribution is 2.31. The van der Waals surface area contributed by atoms with E-state index in [0.717, 1.165) is 32.9 Å². The highest BCUT2D eigenvalue weighted by Gasteiger charge is 2.14. The van der Waals surface area contributed by atoms with Crippen LogP contribution in [0.2, 0.25) is 0 Å². The first kappa shape index (κ1) is 14.7. The topological polar surface area (TPSA) is 43.1 Å². The number of nitrogens with zero attached hydrogens (tertiary/aromatic N) is 4. The van der Waals surface area contributed by atoms with Crippen LogP contribution in [0.15, 0.2) is 42.5 Å². The molecule has 2 aromatic carbocycles. The van der Waals surface area contributed by atoms with Gasteiger partial charge in [-0.2, -0.15) is 21.4 Å². The fourth-order valence-corrected chi connectivity index (χ4v) is 4.27. The molecule has 2 heterocycles. The molecule has 4 nitrogen and oxygen atoms in total. The van der Waals surface area contributed by atoms with Gasteiger partial charge in [-0.1, -0.05) is 60.7 Å². The molecule has 0 aliphatic carbocycles. The summed E-state index contributed by atoms with van der Waals surface area (Å²) in [7, 11) is 0. The van der Waals surface area contributed by atoms with Crippen LogP contribution in [0, 0.1) is 0 Å². The maximum atomic E-state index is 4.77. The average molecular weight is 340 g/mol. The van der Waals surface area contributed by atoms with E-state index in [9.17, 15) is 0 Å². The van der Waals surface area contributed by atoms with Crippen molar-refractivity contribution >= 4 is 38.8 Å².